The Morgan fingerprint density at radius 1 is 0.812 bits per heavy atom. The Morgan fingerprint density at radius 3 is 2.02 bits per heavy atom. The maximum absolute atomic E-state index is 14.6. The van der Waals surface area contributed by atoms with Crippen LogP contribution in [0.2, 0.25) is 0 Å². The van der Waals surface area contributed by atoms with E-state index < -0.39 is 54.3 Å². The summed E-state index contributed by atoms with van der Waals surface area (Å²) in [4.78, 5) is 75.2. The van der Waals surface area contributed by atoms with E-state index in [1.54, 1.807) is 30.9 Å². The van der Waals surface area contributed by atoms with Gasteiger partial charge in [-0.05, 0) is 74.2 Å². The average Bonchev–Trinajstić information content (AvgIpc) is 3.77. The van der Waals surface area contributed by atoms with Crippen molar-refractivity contribution in [3.63, 3.8) is 0 Å². The predicted molar refractivity (Wildman–Crippen MR) is 253 cm³/mol. The molecule has 1 heterocycles. The minimum absolute atomic E-state index is 0.00507. The zero-order valence-corrected chi connectivity index (χ0v) is 41.0. The Balaban J connectivity index is 1.76. The molecule has 64 heavy (non-hydrogen) atoms. The van der Waals surface area contributed by atoms with Gasteiger partial charge >= 0.3 is 5.97 Å². The van der Waals surface area contributed by atoms with Crippen molar-refractivity contribution in [2.24, 2.45) is 23.7 Å². The molecule has 1 saturated heterocycles. The summed E-state index contributed by atoms with van der Waals surface area (Å²) < 4.78 is 17.1. The van der Waals surface area contributed by atoms with Crippen LogP contribution in [0, 0.1) is 23.7 Å². The molecule has 358 valence electrons. The van der Waals surface area contributed by atoms with Crippen LogP contribution in [-0.2, 0) is 51.0 Å². The first-order valence-corrected chi connectivity index (χ1v) is 23.3. The molecule has 1 aliphatic rings. The number of hydrogen-bond donors (Lipinski definition) is 3. The number of anilines is 1. The highest BCUT2D eigenvalue weighted by Gasteiger charge is 2.43. The first-order chi connectivity index (χ1) is 30.4. The predicted octanol–water partition coefficient (Wildman–Crippen LogP) is 5.58. The minimum Gasteiger partial charge on any atom is -0.467 e. The number of ether oxygens (including phenoxy) is 3. The van der Waals surface area contributed by atoms with Crippen LogP contribution >= 0.6 is 0 Å². The normalized spacial score (nSPS) is 17.8. The Kier molecular flexibility index (Phi) is 22.2. The lowest BCUT2D eigenvalue weighted by atomic mass is 9.89. The van der Waals surface area contributed by atoms with Crippen molar-refractivity contribution in [1.82, 2.24) is 25.3 Å². The summed E-state index contributed by atoms with van der Waals surface area (Å²) in [5.74, 6) is -2.54. The summed E-state index contributed by atoms with van der Waals surface area (Å²) in [5.41, 5.74) is 3.12. The maximum Gasteiger partial charge on any atom is 0.328 e. The van der Waals surface area contributed by atoms with Gasteiger partial charge in [-0.15, -0.1) is 0 Å². The molecule has 1 fully saturated rings. The van der Waals surface area contributed by atoms with Crippen LogP contribution in [0.3, 0.4) is 0 Å². The number of methoxy groups -OCH3 is 3. The Hall–Kier alpha value is -4.53. The Labute approximate surface area is 383 Å². The highest BCUT2D eigenvalue weighted by Crippen LogP contribution is 2.30. The van der Waals surface area contributed by atoms with E-state index in [9.17, 15) is 24.0 Å². The molecule has 0 aliphatic carbocycles. The molecule has 1 aliphatic heterocycles. The molecular weight excluding hydrogens is 813 g/mol. The zero-order chi connectivity index (χ0) is 47.7. The smallest absolute Gasteiger partial charge is 0.328 e. The lowest BCUT2D eigenvalue weighted by molar-refractivity contribution is -0.149. The van der Waals surface area contributed by atoms with Crippen LogP contribution in [0.5, 0.6) is 0 Å². The van der Waals surface area contributed by atoms with Gasteiger partial charge in [0.2, 0.25) is 23.6 Å². The van der Waals surface area contributed by atoms with Gasteiger partial charge in [-0.1, -0.05) is 97.4 Å². The highest BCUT2D eigenvalue weighted by atomic mass is 16.5. The number of amides is 4. The number of hydrogen-bond acceptors (Lipinski definition) is 10. The third-order valence-corrected chi connectivity index (χ3v) is 13.0. The fraction of sp³-hybridized carbons (Fsp3) is 0.660. The summed E-state index contributed by atoms with van der Waals surface area (Å²) in [6.07, 6.45) is 1.78. The number of nitrogens with one attached hydrogen (secondary N) is 3. The van der Waals surface area contributed by atoms with Gasteiger partial charge < -0.3 is 40.0 Å². The standard InChI is InChI=1S/C50H80N6O8/c1-14-34(7)45(55(10)49(60)43(32(3)4)53-48(59)44(33(5)6)54(9)29-27-36-23-25-38(26-24-36)51-15-2)41(62-11)31-42(57)56-28-19-22-40(56)46(63-12)35(8)47(58)52-39(50(61)64-13)30-37-20-17-16-18-21-37/h16-18,20-21,23-26,32-35,39-41,43-46,51H,14-15,19,22,27-31H2,1-13H3,(H,52,58)(H,53,59)/t34-,35+,39-,40-,41+,43-,44-,45-,46+/m0/s1. The lowest BCUT2D eigenvalue weighted by Gasteiger charge is -2.41. The molecule has 0 spiro atoms. The van der Waals surface area contributed by atoms with Crippen molar-refractivity contribution in [1.29, 1.82) is 0 Å². The fourth-order valence-electron chi connectivity index (χ4n) is 9.22. The van der Waals surface area contributed by atoms with E-state index in [4.69, 9.17) is 14.2 Å². The number of likely N-dealkylation sites (N-methyl/N-ethyl adjacent to an activating group) is 2. The van der Waals surface area contributed by atoms with Crippen molar-refractivity contribution in [3.05, 3.63) is 65.7 Å². The van der Waals surface area contributed by atoms with Gasteiger partial charge in [-0.3, -0.25) is 24.1 Å². The van der Waals surface area contributed by atoms with Crippen LogP contribution in [0.15, 0.2) is 54.6 Å². The number of esters is 1. The maximum atomic E-state index is 14.6. The molecule has 2 aromatic carbocycles. The quantitative estimate of drug-likeness (QED) is 0.102. The summed E-state index contributed by atoms with van der Waals surface area (Å²) in [5, 5.41) is 9.34. The second-order valence-corrected chi connectivity index (χ2v) is 18.2. The van der Waals surface area contributed by atoms with E-state index in [0.717, 1.165) is 30.6 Å². The van der Waals surface area contributed by atoms with Crippen LogP contribution < -0.4 is 16.0 Å². The van der Waals surface area contributed by atoms with Crippen molar-refractivity contribution in [2.45, 2.75) is 136 Å². The molecule has 0 saturated carbocycles. The van der Waals surface area contributed by atoms with Gasteiger partial charge in [-0.25, -0.2) is 4.79 Å². The Bertz CT molecular complexity index is 1760. The van der Waals surface area contributed by atoms with Crippen molar-refractivity contribution in [2.75, 3.05) is 60.4 Å². The summed E-state index contributed by atoms with van der Waals surface area (Å²) in [6, 6.07) is 14.7. The lowest BCUT2D eigenvalue weighted by Crippen LogP contribution is -2.60. The third-order valence-electron chi connectivity index (χ3n) is 13.0. The van der Waals surface area contributed by atoms with E-state index >= 15 is 0 Å². The SMILES string of the molecule is CCNc1ccc(CCN(C)[C@H](C(=O)N[C@H](C(=O)N(C)[C@@H]([C@@H](C)CC)[C@@H](CC(=O)N2CCC[C@H]2[C@H](OC)[C@@H](C)C(=O)N[C@@H](Cc2ccccc2)C(=O)OC)OC)C(C)C)C(C)C)cc1. The van der Waals surface area contributed by atoms with E-state index in [-0.39, 0.29) is 54.2 Å². The molecule has 14 heteroatoms. The van der Waals surface area contributed by atoms with Gasteiger partial charge in [0.15, 0.2) is 0 Å². The van der Waals surface area contributed by atoms with E-state index in [2.05, 4.69) is 52.0 Å². The zero-order valence-electron chi connectivity index (χ0n) is 41.0. The number of likely N-dealkylation sites (tertiary alicyclic amines) is 1. The molecule has 2 aromatic rings. The molecule has 14 nitrogen and oxygen atoms in total. The molecule has 0 radical (unpaired) electrons. The minimum atomic E-state index is -0.898. The molecule has 3 N–H and O–H groups in total. The van der Waals surface area contributed by atoms with E-state index in [0.29, 0.717) is 25.9 Å². The van der Waals surface area contributed by atoms with Gasteiger partial charge in [0.05, 0.1) is 49.8 Å². The monoisotopic (exact) mass is 893 g/mol. The average molecular weight is 893 g/mol. The molecule has 3 rings (SSSR count). The number of benzene rings is 2. The van der Waals surface area contributed by atoms with Crippen molar-refractivity contribution < 1.29 is 38.2 Å². The second-order valence-electron chi connectivity index (χ2n) is 18.2. The topological polar surface area (TPSA) is 159 Å². The highest BCUT2D eigenvalue weighted by molar-refractivity contribution is 5.90. The molecule has 9 atom stereocenters. The van der Waals surface area contributed by atoms with Crippen LogP contribution in [0.25, 0.3) is 0 Å². The van der Waals surface area contributed by atoms with Crippen molar-refractivity contribution >= 4 is 35.3 Å². The Morgan fingerprint density at radius 2 is 1.47 bits per heavy atom. The van der Waals surface area contributed by atoms with Crippen LogP contribution in [0.1, 0.15) is 92.2 Å². The van der Waals surface area contributed by atoms with E-state index in [1.807, 2.05) is 78.9 Å². The number of nitrogens with zero attached hydrogens (tertiary/aromatic N) is 3. The molecule has 4 amide bonds. The summed E-state index contributed by atoms with van der Waals surface area (Å²) >= 11 is 0. The number of carbonyl (C=O) groups excluding carboxylic acids is 5. The molecule has 0 aromatic heterocycles. The number of rotatable bonds is 26. The third kappa shape index (κ3) is 14.7. The van der Waals surface area contributed by atoms with Gasteiger partial charge in [0.25, 0.3) is 0 Å². The molecule has 0 unspecified atom stereocenters. The van der Waals surface area contributed by atoms with Crippen LogP contribution in [0.4, 0.5) is 5.69 Å². The first kappa shape index (κ1) is 53.8. The van der Waals surface area contributed by atoms with Gasteiger partial charge in [0, 0.05) is 53.0 Å². The van der Waals surface area contributed by atoms with Crippen LogP contribution in [-0.4, -0.2) is 142 Å². The molecular formula is C50H80N6O8. The second kappa shape index (κ2) is 26.4. The van der Waals surface area contributed by atoms with Crippen molar-refractivity contribution in [3.8, 4) is 0 Å². The fourth-order valence-corrected chi connectivity index (χ4v) is 9.22. The van der Waals surface area contributed by atoms with Gasteiger partial charge in [0.1, 0.15) is 12.1 Å². The summed E-state index contributed by atoms with van der Waals surface area (Å²) in [7, 11) is 8.08. The van der Waals surface area contributed by atoms with E-state index in [1.165, 1.54) is 19.8 Å². The van der Waals surface area contributed by atoms with Gasteiger partial charge in [-0.2, -0.15) is 0 Å². The summed E-state index contributed by atoms with van der Waals surface area (Å²) in [6.45, 7) is 17.8. The largest absolute Gasteiger partial charge is 0.467 e. The number of carbonyl (C=O) groups is 5. The first-order valence-electron chi connectivity index (χ1n) is 23.3. The molecule has 0 bridgehead atoms.